The van der Waals surface area contributed by atoms with E-state index in [9.17, 15) is 22.8 Å². The van der Waals surface area contributed by atoms with Gasteiger partial charge in [-0.2, -0.15) is 13.2 Å². The number of hydrogen-bond donors (Lipinski definition) is 2. The van der Waals surface area contributed by atoms with E-state index in [2.05, 4.69) is 4.98 Å². The van der Waals surface area contributed by atoms with Gasteiger partial charge >= 0.3 is 12.1 Å². The van der Waals surface area contributed by atoms with Crippen LogP contribution in [-0.4, -0.2) is 16.1 Å². The molecule has 0 atom stereocenters. The standard InChI is InChI=1S/C17H10F3NO3/c18-17(19,20)12-7-10(9-4-2-1-3-5-9)6-11-14(22)8-13(16(23)24)21-15(11)12/h1-8H,(H,21,22)(H,23,24). The van der Waals surface area contributed by atoms with Crippen molar-refractivity contribution in [3.05, 3.63) is 70.0 Å². The van der Waals surface area contributed by atoms with Crippen molar-refractivity contribution in [2.45, 2.75) is 6.18 Å². The predicted octanol–water partition coefficient (Wildman–Crippen LogP) is 3.91. The summed E-state index contributed by atoms with van der Waals surface area (Å²) < 4.78 is 40.2. The van der Waals surface area contributed by atoms with Gasteiger partial charge in [0.1, 0.15) is 5.69 Å². The number of aromatic carboxylic acids is 1. The highest BCUT2D eigenvalue weighted by Crippen LogP contribution is 2.36. The Morgan fingerprint density at radius 3 is 2.25 bits per heavy atom. The summed E-state index contributed by atoms with van der Waals surface area (Å²) in [4.78, 5) is 25.3. The summed E-state index contributed by atoms with van der Waals surface area (Å²) in [6.45, 7) is 0. The number of rotatable bonds is 2. The molecule has 3 aromatic rings. The molecule has 24 heavy (non-hydrogen) atoms. The van der Waals surface area contributed by atoms with Gasteiger partial charge in [-0.1, -0.05) is 30.3 Å². The molecule has 0 unspecified atom stereocenters. The summed E-state index contributed by atoms with van der Waals surface area (Å²) in [5.41, 5.74) is -2.25. The molecule has 2 N–H and O–H groups in total. The van der Waals surface area contributed by atoms with Crippen LogP contribution in [-0.2, 0) is 6.18 Å². The van der Waals surface area contributed by atoms with E-state index in [0.29, 0.717) is 5.56 Å². The topological polar surface area (TPSA) is 70.2 Å². The molecule has 7 heteroatoms. The molecule has 0 bridgehead atoms. The largest absolute Gasteiger partial charge is 0.477 e. The van der Waals surface area contributed by atoms with Crippen LogP contribution in [0.2, 0.25) is 0 Å². The Morgan fingerprint density at radius 2 is 1.67 bits per heavy atom. The van der Waals surface area contributed by atoms with Crippen molar-refractivity contribution in [2.75, 3.05) is 0 Å². The Bertz CT molecular complexity index is 992. The lowest BCUT2D eigenvalue weighted by atomic mass is 9.98. The number of H-pyrrole nitrogens is 1. The molecule has 0 radical (unpaired) electrons. The molecule has 0 fully saturated rings. The van der Waals surface area contributed by atoms with Crippen LogP contribution in [0.15, 0.2) is 53.3 Å². The Labute approximate surface area is 133 Å². The average Bonchev–Trinajstić information content (AvgIpc) is 2.53. The quantitative estimate of drug-likeness (QED) is 0.747. The van der Waals surface area contributed by atoms with E-state index >= 15 is 0 Å². The molecular weight excluding hydrogens is 323 g/mol. The van der Waals surface area contributed by atoms with Crippen molar-refractivity contribution in [2.24, 2.45) is 0 Å². The van der Waals surface area contributed by atoms with E-state index in [0.717, 1.165) is 12.1 Å². The molecule has 0 amide bonds. The number of benzene rings is 2. The number of carbonyl (C=O) groups is 1. The molecule has 0 aliphatic carbocycles. The van der Waals surface area contributed by atoms with Crippen LogP contribution in [0.25, 0.3) is 22.0 Å². The Balaban J connectivity index is 2.41. The number of aromatic amines is 1. The summed E-state index contributed by atoms with van der Waals surface area (Å²) in [6.07, 6.45) is -4.75. The first-order valence-electron chi connectivity index (χ1n) is 6.84. The highest BCUT2D eigenvalue weighted by Gasteiger charge is 2.34. The molecule has 122 valence electrons. The third-order valence-corrected chi connectivity index (χ3v) is 3.58. The molecule has 0 saturated carbocycles. The molecule has 1 heterocycles. The van der Waals surface area contributed by atoms with Gasteiger partial charge in [0.2, 0.25) is 0 Å². The minimum Gasteiger partial charge on any atom is -0.477 e. The van der Waals surface area contributed by atoms with Crippen LogP contribution < -0.4 is 5.43 Å². The maximum atomic E-state index is 13.4. The van der Waals surface area contributed by atoms with Crippen molar-refractivity contribution in [3.8, 4) is 11.1 Å². The van der Waals surface area contributed by atoms with Crippen molar-refractivity contribution < 1.29 is 23.1 Å². The van der Waals surface area contributed by atoms with E-state index < -0.39 is 34.3 Å². The van der Waals surface area contributed by atoms with Gasteiger partial charge in [0, 0.05) is 11.5 Å². The van der Waals surface area contributed by atoms with Gasteiger partial charge in [0.25, 0.3) is 0 Å². The zero-order valence-corrected chi connectivity index (χ0v) is 12.0. The molecular formula is C17H10F3NO3. The van der Waals surface area contributed by atoms with E-state index in [-0.39, 0.29) is 10.9 Å². The summed E-state index contributed by atoms with van der Waals surface area (Å²) in [6, 6.07) is 11.3. The van der Waals surface area contributed by atoms with E-state index in [1.165, 1.54) is 6.07 Å². The highest BCUT2D eigenvalue weighted by molar-refractivity contribution is 5.93. The van der Waals surface area contributed by atoms with Gasteiger partial charge in [0.15, 0.2) is 5.43 Å². The van der Waals surface area contributed by atoms with Crippen molar-refractivity contribution in [3.63, 3.8) is 0 Å². The molecule has 4 nitrogen and oxygen atoms in total. The van der Waals surface area contributed by atoms with Crippen molar-refractivity contribution in [1.29, 1.82) is 0 Å². The minimum absolute atomic E-state index is 0.214. The number of aromatic nitrogens is 1. The van der Waals surface area contributed by atoms with E-state index in [1.807, 2.05) is 0 Å². The lowest BCUT2D eigenvalue weighted by Gasteiger charge is -2.13. The summed E-state index contributed by atoms with van der Waals surface area (Å²) in [5.74, 6) is -1.51. The van der Waals surface area contributed by atoms with E-state index in [4.69, 9.17) is 5.11 Å². The molecule has 0 saturated heterocycles. The van der Waals surface area contributed by atoms with Gasteiger partial charge in [0.05, 0.1) is 11.1 Å². The van der Waals surface area contributed by atoms with Gasteiger partial charge in [-0.15, -0.1) is 0 Å². The van der Waals surface area contributed by atoms with Gasteiger partial charge < -0.3 is 10.1 Å². The van der Waals surface area contributed by atoms with Crippen LogP contribution in [0.3, 0.4) is 0 Å². The Hall–Kier alpha value is -3.09. The second-order valence-electron chi connectivity index (χ2n) is 5.16. The van der Waals surface area contributed by atoms with Crippen molar-refractivity contribution >= 4 is 16.9 Å². The number of fused-ring (bicyclic) bond motifs is 1. The Kier molecular flexibility index (Phi) is 3.63. The van der Waals surface area contributed by atoms with Crippen LogP contribution in [0.4, 0.5) is 13.2 Å². The van der Waals surface area contributed by atoms with Gasteiger partial charge in [-0.05, 0) is 23.3 Å². The first-order valence-corrected chi connectivity index (χ1v) is 6.84. The SMILES string of the molecule is O=C(O)c1cc(=O)c2cc(-c3ccccc3)cc(C(F)(F)F)c2[nH]1. The number of carboxylic acid groups (broad SMARTS) is 1. The summed E-state index contributed by atoms with van der Waals surface area (Å²) in [5, 5.41) is 8.73. The lowest BCUT2D eigenvalue weighted by Crippen LogP contribution is -2.14. The molecule has 2 aromatic carbocycles. The number of carboxylic acids is 1. The van der Waals surface area contributed by atoms with Gasteiger partial charge in [-0.3, -0.25) is 4.79 Å². The number of halogens is 3. The smallest absolute Gasteiger partial charge is 0.418 e. The fourth-order valence-electron chi connectivity index (χ4n) is 2.49. The van der Waals surface area contributed by atoms with Crippen molar-refractivity contribution in [1.82, 2.24) is 4.98 Å². The fraction of sp³-hybridized carbons (Fsp3) is 0.0588. The summed E-state index contributed by atoms with van der Waals surface area (Å²) in [7, 11) is 0. The van der Waals surface area contributed by atoms with E-state index in [1.54, 1.807) is 30.3 Å². The predicted molar refractivity (Wildman–Crippen MR) is 82.0 cm³/mol. The monoisotopic (exact) mass is 333 g/mol. The second kappa shape index (κ2) is 5.52. The molecule has 0 aliphatic rings. The van der Waals surface area contributed by atoms with Crippen LogP contribution in [0.1, 0.15) is 16.1 Å². The molecule has 1 aromatic heterocycles. The second-order valence-corrected chi connectivity index (χ2v) is 5.16. The Morgan fingerprint density at radius 1 is 1.00 bits per heavy atom. The number of nitrogens with one attached hydrogen (secondary N) is 1. The maximum Gasteiger partial charge on any atom is 0.418 e. The number of pyridine rings is 1. The fourth-order valence-corrected chi connectivity index (χ4v) is 2.49. The maximum absolute atomic E-state index is 13.4. The average molecular weight is 333 g/mol. The molecule has 0 aliphatic heterocycles. The third-order valence-electron chi connectivity index (χ3n) is 3.58. The molecule has 0 spiro atoms. The zero-order valence-electron chi connectivity index (χ0n) is 12.0. The molecule has 3 rings (SSSR count). The van der Waals surface area contributed by atoms with Gasteiger partial charge in [-0.25, -0.2) is 4.79 Å². The normalized spacial score (nSPS) is 11.6. The minimum atomic E-state index is -4.75. The highest BCUT2D eigenvalue weighted by atomic mass is 19.4. The van der Waals surface area contributed by atoms with Crippen LogP contribution >= 0.6 is 0 Å². The first-order chi connectivity index (χ1) is 11.3. The number of alkyl halides is 3. The van der Waals surface area contributed by atoms with Crippen LogP contribution in [0.5, 0.6) is 0 Å². The zero-order chi connectivity index (χ0) is 17.5. The first kappa shape index (κ1) is 15.8. The summed E-state index contributed by atoms with van der Waals surface area (Å²) >= 11 is 0. The lowest BCUT2D eigenvalue weighted by molar-refractivity contribution is -0.136. The third kappa shape index (κ3) is 2.76. The number of hydrogen-bond acceptors (Lipinski definition) is 2. The van der Waals surface area contributed by atoms with Crippen LogP contribution in [0, 0.1) is 0 Å².